The summed E-state index contributed by atoms with van der Waals surface area (Å²) in [5.74, 6) is -2.39. The number of hydrogen-bond donors (Lipinski definition) is 0. The van der Waals surface area contributed by atoms with E-state index in [9.17, 15) is 17.2 Å². The van der Waals surface area contributed by atoms with Crippen LogP contribution in [0.3, 0.4) is 0 Å². The summed E-state index contributed by atoms with van der Waals surface area (Å²) in [7, 11) is -4.22. The van der Waals surface area contributed by atoms with Crippen LogP contribution in [0.4, 0.5) is 8.78 Å². The van der Waals surface area contributed by atoms with Crippen molar-refractivity contribution in [2.75, 3.05) is 0 Å². The Hall–Kier alpha value is -2.54. The Bertz CT molecular complexity index is 1370. The Morgan fingerprint density at radius 2 is 1.59 bits per heavy atom. The molecule has 0 aliphatic rings. The molecule has 0 N–H and O–H groups in total. The van der Waals surface area contributed by atoms with Gasteiger partial charge in [-0.2, -0.15) is 0 Å². The molecule has 0 atom stereocenters. The van der Waals surface area contributed by atoms with Crippen molar-refractivity contribution in [2.45, 2.75) is 9.79 Å². The predicted molar refractivity (Wildman–Crippen MR) is 109 cm³/mol. The highest BCUT2D eigenvalue weighted by atomic mass is 35.5. The molecule has 4 aromatic rings. The molecule has 0 saturated heterocycles. The highest BCUT2D eigenvalue weighted by Crippen LogP contribution is 2.38. The maximum absolute atomic E-state index is 13.7. The molecule has 0 fully saturated rings. The first kappa shape index (κ1) is 19.8. The van der Waals surface area contributed by atoms with Gasteiger partial charge in [-0.05, 0) is 42.0 Å². The molecule has 0 radical (unpaired) electrons. The fourth-order valence-corrected chi connectivity index (χ4v) is 4.79. The number of sulfone groups is 1. The second-order valence-electron chi connectivity index (χ2n) is 6.22. The minimum absolute atomic E-state index is 0.152. The molecule has 0 spiro atoms. The second-order valence-corrected chi connectivity index (χ2v) is 8.96. The van der Waals surface area contributed by atoms with Gasteiger partial charge in [0.25, 0.3) is 0 Å². The number of benzene rings is 3. The lowest BCUT2D eigenvalue weighted by atomic mass is 10.0. The minimum Gasteiger partial charge on any atom is -0.255 e. The van der Waals surface area contributed by atoms with Gasteiger partial charge in [-0.1, -0.05) is 47.5 Å². The van der Waals surface area contributed by atoms with Gasteiger partial charge >= 0.3 is 0 Å². The summed E-state index contributed by atoms with van der Waals surface area (Å²) in [6.45, 7) is 0. The Labute approximate surface area is 175 Å². The monoisotopic (exact) mass is 449 g/mol. The van der Waals surface area contributed by atoms with E-state index >= 15 is 0 Å². The van der Waals surface area contributed by atoms with E-state index in [1.807, 2.05) is 0 Å². The van der Waals surface area contributed by atoms with E-state index in [2.05, 4.69) is 4.98 Å². The van der Waals surface area contributed by atoms with Gasteiger partial charge in [0.2, 0.25) is 9.84 Å². The molecule has 1 aromatic heterocycles. The van der Waals surface area contributed by atoms with E-state index in [0.29, 0.717) is 33.1 Å². The maximum atomic E-state index is 13.7. The largest absolute Gasteiger partial charge is 0.255 e. The van der Waals surface area contributed by atoms with E-state index in [-0.39, 0.29) is 14.8 Å². The molecular weight excluding hydrogens is 439 g/mol. The Balaban J connectivity index is 2.07. The van der Waals surface area contributed by atoms with Crippen molar-refractivity contribution in [3.63, 3.8) is 0 Å². The predicted octanol–water partition coefficient (Wildman–Crippen LogP) is 6.32. The van der Waals surface area contributed by atoms with Crippen molar-refractivity contribution >= 4 is 43.9 Å². The number of rotatable bonds is 3. The minimum atomic E-state index is -4.22. The summed E-state index contributed by atoms with van der Waals surface area (Å²) in [5.41, 5.74) is 1.41. The van der Waals surface area contributed by atoms with Crippen LogP contribution in [0.2, 0.25) is 10.0 Å². The highest BCUT2D eigenvalue weighted by Gasteiger charge is 2.26. The van der Waals surface area contributed by atoms with Crippen LogP contribution in [-0.2, 0) is 9.84 Å². The van der Waals surface area contributed by atoms with Crippen LogP contribution < -0.4 is 0 Å². The number of aromatic nitrogens is 1. The molecule has 0 saturated carbocycles. The molecule has 29 heavy (non-hydrogen) atoms. The van der Waals surface area contributed by atoms with E-state index < -0.39 is 21.5 Å². The lowest BCUT2D eigenvalue weighted by Crippen LogP contribution is -2.06. The smallest absolute Gasteiger partial charge is 0.208 e. The average Bonchev–Trinajstić information content (AvgIpc) is 2.71. The number of para-hydroxylation sites is 1. The van der Waals surface area contributed by atoms with E-state index in [0.717, 1.165) is 12.1 Å². The van der Waals surface area contributed by atoms with Crippen LogP contribution in [-0.4, -0.2) is 13.4 Å². The lowest BCUT2D eigenvalue weighted by Gasteiger charge is -2.14. The second kappa shape index (κ2) is 7.37. The zero-order valence-corrected chi connectivity index (χ0v) is 16.9. The lowest BCUT2D eigenvalue weighted by molar-refractivity contribution is 0.504. The molecular formula is C21H11Cl2F2NO2S. The fraction of sp³-hybridized carbons (Fsp3) is 0. The summed E-state index contributed by atoms with van der Waals surface area (Å²) < 4.78 is 53.6. The van der Waals surface area contributed by atoms with Crippen LogP contribution in [0.15, 0.2) is 76.7 Å². The molecule has 0 aliphatic heterocycles. The number of hydrogen-bond acceptors (Lipinski definition) is 3. The first-order valence-electron chi connectivity index (χ1n) is 8.32. The molecule has 1 heterocycles. The first-order chi connectivity index (χ1) is 13.8. The van der Waals surface area contributed by atoms with E-state index in [1.54, 1.807) is 42.5 Å². The first-order valence-corrected chi connectivity index (χ1v) is 10.6. The third-order valence-electron chi connectivity index (χ3n) is 4.44. The standard InChI is InChI=1S/C21H11Cl2F2NO2S/c22-15-7-5-12(9-16(15)23)21-14-3-1-2-4-19(14)26-11-20(21)29(27,28)13-6-8-17(24)18(25)10-13/h1-11H. The molecule has 0 aliphatic carbocycles. The van der Waals surface area contributed by atoms with Gasteiger partial charge in [-0.25, -0.2) is 17.2 Å². The normalized spacial score (nSPS) is 11.7. The fourth-order valence-electron chi connectivity index (χ4n) is 3.05. The molecule has 8 heteroatoms. The van der Waals surface area contributed by atoms with Gasteiger partial charge in [-0.3, -0.25) is 4.98 Å². The number of nitrogens with zero attached hydrogens (tertiary/aromatic N) is 1. The zero-order chi connectivity index (χ0) is 20.8. The van der Waals surface area contributed by atoms with Crippen LogP contribution in [0.1, 0.15) is 0 Å². The molecule has 3 nitrogen and oxygen atoms in total. The quantitative estimate of drug-likeness (QED) is 0.343. The van der Waals surface area contributed by atoms with E-state index in [4.69, 9.17) is 23.2 Å². The molecule has 4 rings (SSSR count). The van der Waals surface area contributed by atoms with Gasteiger partial charge in [0.1, 0.15) is 0 Å². The van der Waals surface area contributed by atoms with Gasteiger partial charge in [0, 0.05) is 17.1 Å². The summed E-state index contributed by atoms with van der Waals surface area (Å²) >= 11 is 12.2. The molecule has 146 valence electrons. The molecule has 3 aromatic carbocycles. The van der Waals surface area contributed by atoms with Crippen molar-refractivity contribution in [1.82, 2.24) is 4.98 Å². The van der Waals surface area contributed by atoms with Gasteiger partial charge < -0.3 is 0 Å². The molecule has 0 unspecified atom stereocenters. The van der Waals surface area contributed by atoms with Crippen LogP contribution >= 0.6 is 23.2 Å². The summed E-state index contributed by atoms with van der Waals surface area (Å²) in [5, 5.41) is 1.13. The SMILES string of the molecule is O=S(=O)(c1ccc(F)c(F)c1)c1cnc2ccccc2c1-c1ccc(Cl)c(Cl)c1. The third-order valence-corrected chi connectivity index (χ3v) is 6.94. The van der Waals surface area contributed by atoms with Crippen molar-refractivity contribution in [3.8, 4) is 11.1 Å². The van der Waals surface area contributed by atoms with Gasteiger partial charge in [0.05, 0.1) is 25.4 Å². The topological polar surface area (TPSA) is 47.0 Å². The van der Waals surface area contributed by atoms with Gasteiger partial charge in [-0.15, -0.1) is 0 Å². The Morgan fingerprint density at radius 3 is 2.31 bits per heavy atom. The maximum Gasteiger partial charge on any atom is 0.208 e. The van der Waals surface area contributed by atoms with Crippen molar-refractivity contribution in [3.05, 3.63) is 88.5 Å². The highest BCUT2D eigenvalue weighted by molar-refractivity contribution is 7.91. The van der Waals surface area contributed by atoms with Crippen LogP contribution in [0.5, 0.6) is 0 Å². The van der Waals surface area contributed by atoms with Crippen molar-refractivity contribution in [2.24, 2.45) is 0 Å². The van der Waals surface area contributed by atoms with Crippen molar-refractivity contribution in [1.29, 1.82) is 0 Å². The Morgan fingerprint density at radius 1 is 0.828 bits per heavy atom. The summed E-state index contributed by atoms with van der Waals surface area (Å²) in [4.78, 5) is 3.70. The average molecular weight is 450 g/mol. The number of fused-ring (bicyclic) bond motifs is 1. The number of halogens is 4. The van der Waals surface area contributed by atoms with Crippen LogP contribution in [0.25, 0.3) is 22.0 Å². The molecule has 0 amide bonds. The summed E-state index contributed by atoms with van der Waals surface area (Å²) in [6, 6.07) is 14.2. The van der Waals surface area contributed by atoms with Crippen LogP contribution in [0, 0.1) is 11.6 Å². The zero-order valence-electron chi connectivity index (χ0n) is 14.5. The molecule has 0 bridgehead atoms. The summed E-state index contributed by atoms with van der Waals surface area (Å²) in [6.07, 6.45) is 1.21. The van der Waals surface area contributed by atoms with E-state index in [1.165, 1.54) is 6.20 Å². The third kappa shape index (κ3) is 3.48. The number of pyridine rings is 1. The Kier molecular flexibility index (Phi) is 5.02. The van der Waals surface area contributed by atoms with Crippen molar-refractivity contribution < 1.29 is 17.2 Å². The van der Waals surface area contributed by atoms with Gasteiger partial charge in [0.15, 0.2) is 11.6 Å².